The third-order valence-electron chi connectivity index (χ3n) is 7.02. The summed E-state index contributed by atoms with van der Waals surface area (Å²) < 4.78 is 5.73. The summed E-state index contributed by atoms with van der Waals surface area (Å²) in [4.78, 5) is 39.6. The zero-order valence-electron chi connectivity index (χ0n) is 25.0. The van der Waals surface area contributed by atoms with Gasteiger partial charge in [0.25, 0.3) is 0 Å². The zero-order valence-corrected chi connectivity index (χ0v) is 25.0. The summed E-state index contributed by atoms with van der Waals surface area (Å²) in [7, 11) is 0. The number of hydrogen-bond acceptors (Lipinski definition) is 8. The van der Waals surface area contributed by atoms with Crippen molar-refractivity contribution in [3.63, 3.8) is 0 Å². The van der Waals surface area contributed by atoms with Crippen LogP contribution in [0.4, 0.5) is 5.69 Å². The van der Waals surface area contributed by atoms with Crippen LogP contribution in [0.1, 0.15) is 48.2 Å². The Kier molecular flexibility index (Phi) is 10.4. The Morgan fingerprint density at radius 1 is 0.778 bits per heavy atom. The molecule has 2 heterocycles. The Balaban J connectivity index is 0.979. The van der Waals surface area contributed by atoms with E-state index in [1.165, 1.54) is 0 Å². The molecule has 4 aromatic rings. The number of aryl methyl sites for hydroxylation is 1. The van der Waals surface area contributed by atoms with Gasteiger partial charge in [-0.15, -0.1) is 20.4 Å². The van der Waals surface area contributed by atoms with E-state index in [-0.39, 0.29) is 43.5 Å². The molecule has 1 aliphatic heterocycles. The molecule has 0 saturated heterocycles. The van der Waals surface area contributed by atoms with Crippen LogP contribution < -0.4 is 20.3 Å². The summed E-state index contributed by atoms with van der Waals surface area (Å²) in [6.45, 7) is 3.15. The van der Waals surface area contributed by atoms with Crippen LogP contribution in [0.5, 0.6) is 5.75 Å². The number of carbonyl (C=O) groups excluding carboxylic acids is 3. The van der Waals surface area contributed by atoms with Gasteiger partial charge in [-0.3, -0.25) is 14.4 Å². The maximum absolute atomic E-state index is 13.3. The molecule has 1 aliphatic rings. The van der Waals surface area contributed by atoms with Crippen LogP contribution in [-0.2, 0) is 20.9 Å². The smallest absolute Gasteiger partial charge is 0.227 e. The van der Waals surface area contributed by atoms with E-state index in [9.17, 15) is 14.4 Å². The number of carbonyl (C=O) groups is 3. The topological polar surface area (TPSA) is 139 Å². The van der Waals surface area contributed by atoms with E-state index in [1.54, 1.807) is 11.8 Å². The molecule has 11 nitrogen and oxygen atoms in total. The molecule has 0 fully saturated rings. The number of rotatable bonds is 12. The molecule has 5 rings (SSSR count). The lowest BCUT2D eigenvalue weighted by Crippen LogP contribution is -2.34. The highest BCUT2D eigenvalue weighted by molar-refractivity contribution is 5.97. The van der Waals surface area contributed by atoms with Crippen LogP contribution in [0.3, 0.4) is 0 Å². The lowest BCUT2D eigenvalue weighted by molar-refractivity contribution is -0.125. The second kappa shape index (κ2) is 15.2. The van der Waals surface area contributed by atoms with Crippen molar-refractivity contribution in [2.45, 2.75) is 39.2 Å². The number of nitrogens with one attached hydrogen (secondary N) is 2. The highest BCUT2D eigenvalue weighted by Crippen LogP contribution is 2.26. The first kappa shape index (κ1) is 30.8. The van der Waals surface area contributed by atoms with Crippen molar-refractivity contribution >= 4 is 23.4 Å². The average molecular weight is 604 g/mol. The normalized spacial score (nSPS) is 11.5. The number of hydrogen-bond donors (Lipinski definition) is 2. The molecule has 228 valence electrons. The predicted molar refractivity (Wildman–Crippen MR) is 168 cm³/mol. The number of anilines is 1. The van der Waals surface area contributed by atoms with Crippen LogP contribution >= 0.6 is 0 Å². The van der Waals surface area contributed by atoms with E-state index in [1.807, 2.05) is 72.8 Å². The standard InChI is InChI=1S/C34H33N7O4/c1-24-37-39-34(40-38-24)27-13-15-29(16-14-27)45-22-6-20-35-32(43)19-21-36-31(42)17-18-33(44)41-23-28-9-3-2-7-25(28)11-12-26-8-4-5-10-30(26)41/h2-5,7-10,13-16H,6,17-23H2,1H3,(H,35,43)(H,36,42). The maximum atomic E-state index is 13.3. The Morgan fingerprint density at radius 2 is 1.44 bits per heavy atom. The van der Waals surface area contributed by atoms with Crippen molar-refractivity contribution in [2.75, 3.05) is 24.6 Å². The van der Waals surface area contributed by atoms with Crippen LogP contribution in [-0.4, -0.2) is 57.8 Å². The first-order valence-corrected chi connectivity index (χ1v) is 14.8. The summed E-state index contributed by atoms with van der Waals surface area (Å²) in [5, 5.41) is 21.4. The highest BCUT2D eigenvalue weighted by Gasteiger charge is 2.21. The molecule has 0 radical (unpaired) electrons. The third kappa shape index (κ3) is 8.70. The monoisotopic (exact) mass is 603 g/mol. The molecule has 2 N–H and O–H groups in total. The molecule has 0 aliphatic carbocycles. The van der Waals surface area contributed by atoms with Gasteiger partial charge >= 0.3 is 0 Å². The third-order valence-corrected chi connectivity index (χ3v) is 7.02. The summed E-state index contributed by atoms with van der Waals surface area (Å²) in [5.74, 6) is 7.39. The average Bonchev–Trinajstić information content (AvgIpc) is 3.05. The molecule has 45 heavy (non-hydrogen) atoms. The minimum absolute atomic E-state index is 0.0244. The van der Waals surface area contributed by atoms with Gasteiger partial charge in [0.15, 0.2) is 5.82 Å². The van der Waals surface area contributed by atoms with Gasteiger partial charge in [0.2, 0.25) is 23.5 Å². The predicted octanol–water partition coefficient (Wildman–Crippen LogP) is 3.36. The van der Waals surface area contributed by atoms with Crippen LogP contribution in [0, 0.1) is 18.8 Å². The van der Waals surface area contributed by atoms with Gasteiger partial charge in [-0.05, 0) is 61.4 Å². The van der Waals surface area contributed by atoms with Crippen LogP contribution in [0.15, 0.2) is 72.8 Å². The van der Waals surface area contributed by atoms with E-state index < -0.39 is 0 Å². The Labute approximate surface area is 261 Å². The number of aromatic nitrogens is 4. The van der Waals surface area contributed by atoms with Gasteiger partial charge in [0.1, 0.15) is 5.75 Å². The molecule has 0 unspecified atom stereocenters. The van der Waals surface area contributed by atoms with Crippen molar-refractivity contribution in [1.29, 1.82) is 0 Å². The molecular weight excluding hydrogens is 570 g/mol. The number of para-hydroxylation sites is 1. The lowest BCUT2D eigenvalue weighted by atomic mass is 10.0. The van der Waals surface area contributed by atoms with Gasteiger partial charge in [-0.1, -0.05) is 42.2 Å². The first-order valence-electron chi connectivity index (χ1n) is 14.8. The quantitative estimate of drug-likeness (QED) is 0.186. The second-order valence-corrected chi connectivity index (χ2v) is 10.4. The van der Waals surface area contributed by atoms with Crippen molar-refractivity contribution in [3.05, 3.63) is 95.3 Å². The summed E-state index contributed by atoms with van der Waals surface area (Å²) >= 11 is 0. The van der Waals surface area contributed by atoms with Crippen molar-refractivity contribution < 1.29 is 19.1 Å². The van der Waals surface area contributed by atoms with Gasteiger partial charge in [-0.2, -0.15) is 0 Å². The van der Waals surface area contributed by atoms with Crippen LogP contribution in [0.2, 0.25) is 0 Å². The van der Waals surface area contributed by atoms with Gasteiger partial charge in [-0.25, -0.2) is 0 Å². The van der Waals surface area contributed by atoms with E-state index in [2.05, 4.69) is 42.9 Å². The van der Waals surface area contributed by atoms with Crippen molar-refractivity contribution in [1.82, 2.24) is 31.0 Å². The fraction of sp³-hybridized carbons (Fsp3) is 0.265. The molecule has 0 saturated carbocycles. The number of benzene rings is 3. The summed E-state index contributed by atoms with van der Waals surface area (Å²) in [5.41, 5.74) is 4.11. The van der Waals surface area contributed by atoms with Crippen LogP contribution in [0.25, 0.3) is 11.4 Å². The molecule has 0 spiro atoms. The molecule has 3 amide bonds. The van der Waals surface area contributed by atoms with E-state index in [0.29, 0.717) is 43.5 Å². The van der Waals surface area contributed by atoms with Gasteiger partial charge in [0, 0.05) is 49.0 Å². The molecule has 11 heteroatoms. The van der Waals surface area contributed by atoms with Gasteiger partial charge in [0.05, 0.1) is 18.8 Å². The number of amides is 3. The molecule has 0 atom stereocenters. The SMILES string of the molecule is Cc1nnc(-c2ccc(OCCCNC(=O)CCNC(=O)CCC(=O)N3Cc4ccccc4C#Cc4ccccc43)cc2)nn1. The second-order valence-electron chi connectivity index (χ2n) is 10.4. The van der Waals surface area contributed by atoms with E-state index in [4.69, 9.17) is 4.74 Å². The largest absolute Gasteiger partial charge is 0.494 e. The number of nitrogens with zero attached hydrogens (tertiary/aromatic N) is 5. The lowest BCUT2D eigenvalue weighted by Gasteiger charge is -2.26. The summed E-state index contributed by atoms with van der Waals surface area (Å²) in [6.07, 6.45) is 0.823. The fourth-order valence-corrected chi connectivity index (χ4v) is 4.64. The van der Waals surface area contributed by atoms with Gasteiger partial charge < -0.3 is 20.3 Å². The Bertz CT molecular complexity index is 1710. The van der Waals surface area contributed by atoms with Crippen molar-refractivity contribution in [3.8, 4) is 29.0 Å². The van der Waals surface area contributed by atoms with E-state index >= 15 is 0 Å². The zero-order chi connectivity index (χ0) is 31.4. The molecular formula is C34H33N7O4. The highest BCUT2D eigenvalue weighted by atomic mass is 16.5. The molecule has 0 bridgehead atoms. The van der Waals surface area contributed by atoms with E-state index in [0.717, 1.165) is 27.9 Å². The number of fused-ring (bicyclic) bond motifs is 2. The maximum Gasteiger partial charge on any atom is 0.227 e. The molecule has 1 aromatic heterocycles. The number of ether oxygens (including phenoxy) is 1. The Morgan fingerprint density at radius 3 is 2.24 bits per heavy atom. The fourth-order valence-electron chi connectivity index (χ4n) is 4.64. The van der Waals surface area contributed by atoms with Crippen molar-refractivity contribution in [2.24, 2.45) is 0 Å². The minimum Gasteiger partial charge on any atom is -0.494 e. The molecule has 3 aromatic carbocycles. The first-order chi connectivity index (χ1) is 22.0. The summed E-state index contributed by atoms with van der Waals surface area (Å²) in [6, 6.07) is 22.6. The Hall–Kier alpha value is -5.63. The minimum atomic E-state index is -0.280.